The molecule has 2 heterocycles. The van der Waals surface area contributed by atoms with E-state index in [-0.39, 0.29) is 28.8 Å². The first-order chi connectivity index (χ1) is 21.6. The Hall–Kier alpha value is -1.12. The predicted molar refractivity (Wildman–Crippen MR) is 190 cm³/mol. The van der Waals surface area contributed by atoms with Crippen LogP contribution in [-0.4, -0.2) is 56.6 Å². The SMILES string of the molecule is CCCCOC[C@H]1S[C@@H](c2ccc(Cl)c(Cc3cc4ccccc4s3)c2)[C@H](OCCCC)[C@@H](OCCCC)[C@@H]1OCCCC. The van der Waals surface area contributed by atoms with Crippen molar-refractivity contribution >= 4 is 44.8 Å². The van der Waals surface area contributed by atoms with Gasteiger partial charge in [-0.15, -0.1) is 23.1 Å². The van der Waals surface area contributed by atoms with Gasteiger partial charge < -0.3 is 18.9 Å². The van der Waals surface area contributed by atoms with Crippen molar-refractivity contribution in [3.8, 4) is 0 Å². The van der Waals surface area contributed by atoms with Gasteiger partial charge in [0, 0.05) is 47.4 Å². The third kappa shape index (κ3) is 10.2. The molecular formula is C37H53ClO4S2. The summed E-state index contributed by atoms with van der Waals surface area (Å²) < 4.78 is 27.8. The summed E-state index contributed by atoms with van der Waals surface area (Å²) in [7, 11) is 0. The summed E-state index contributed by atoms with van der Waals surface area (Å²) in [6.45, 7) is 12.4. The van der Waals surface area contributed by atoms with Crippen LogP contribution in [0.4, 0.5) is 0 Å². The van der Waals surface area contributed by atoms with Gasteiger partial charge in [0.25, 0.3) is 0 Å². The monoisotopic (exact) mass is 660 g/mol. The van der Waals surface area contributed by atoms with Crippen molar-refractivity contribution in [3.63, 3.8) is 0 Å². The van der Waals surface area contributed by atoms with E-state index in [1.165, 1.54) is 20.5 Å². The minimum Gasteiger partial charge on any atom is -0.380 e. The fraction of sp³-hybridized carbons (Fsp3) is 0.622. The van der Waals surface area contributed by atoms with Crippen molar-refractivity contribution < 1.29 is 18.9 Å². The second-order valence-electron chi connectivity index (χ2n) is 11.9. The molecule has 0 radical (unpaired) electrons. The van der Waals surface area contributed by atoms with Crippen LogP contribution in [-0.2, 0) is 25.4 Å². The minimum absolute atomic E-state index is 0.0850. The van der Waals surface area contributed by atoms with Gasteiger partial charge in [0.15, 0.2) is 0 Å². The number of benzene rings is 2. The molecule has 0 amide bonds. The first-order valence-corrected chi connectivity index (χ1v) is 19.1. The van der Waals surface area contributed by atoms with Crippen molar-refractivity contribution in [3.05, 3.63) is 69.6 Å². The van der Waals surface area contributed by atoms with Crippen LogP contribution in [0.15, 0.2) is 48.5 Å². The van der Waals surface area contributed by atoms with E-state index in [0.29, 0.717) is 19.8 Å². The van der Waals surface area contributed by atoms with Crippen LogP contribution >= 0.6 is 34.7 Å². The molecule has 1 saturated heterocycles. The molecule has 0 saturated carbocycles. The second-order valence-corrected chi connectivity index (χ2v) is 14.8. The quantitative estimate of drug-likeness (QED) is 0.113. The van der Waals surface area contributed by atoms with E-state index >= 15 is 0 Å². The number of fused-ring (bicyclic) bond motifs is 1. The van der Waals surface area contributed by atoms with Crippen molar-refractivity contribution in [1.82, 2.24) is 0 Å². The summed E-state index contributed by atoms with van der Waals surface area (Å²) in [5.74, 6) is 0. The normalized spacial score (nSPS) is 22.2. The van der Waals surface area contributed by atoms with Crippen molar-refractivity contribution in [2.24, 2.45) is 0 Å². The highest BCUT2D eigenvalue weighted by atomic mass is 35.5. The largest absolute Gasteiger partial charge is 0.380 e. The Morgan fingerprint density at radius 3 is 2.02 bits per heavy atom. The van der Waals surface area contributed by atoms with E-state index in [2.05, 4.69) is 76.2 Å². The lowest BCUT2D eigenvalue weighted by Gasteiger charge is -2.46. The molecule has 4 nitrogen and oxygen atoms in total. The summed E-state index contributed by atoms with van der Waals surface area (Å²) >= 11 is 10.7. The van der Waals surface area contributed by atoms with Crippen LogP contribution in [0.1, 0.15) is 100 Å². The molecule has 0 aliphatic carbocycles. The summed E-state index contributed by atoms with van der Waals surface area (Å²) in [4.78, 5) is 1.32. The minimum atomic E-state index is -0.164. The standard InChI is InChI=1S/C37H53ClO4S2/c1-5-9-19-39-26-33-34(40-20-10-6-2)35(41-21-11-7-3)36(42-22-12-8-4)37(44-33)28-17-18-31(38)29(23-28)25-30-24-27-15-13-14-16-32(27)43-30/h13-18,23-24,33-37H,5-12,19-22,25-26H2,1-4H3/t33-,34-,35+,36-,37+/m1/s1. The molecule has 2 aromatic carbocycles. The van der Waals surface area contributed by atoms with Gasteiger partial charge in [0.2, 0.25) is 0 Å². The number of unbranched alkanes of at least 4 members (excludes halogenated alkanes) is 4. The molecule has 7 heteroatoms. The van der Waals surface area contributed by atoms with E-state index in [1.807, 2.05) is 23.1 Å². The molecule has 0 spiro atoms. The lowest BCUT2D eigenvalue weighted by atomic mass is 9.94. The molecule has 1 fully saturated rings. The molecule has 1 aliphatic rings. The Kier molecular flexibility index (Phi) is 15.9. The molecule has 0 bridgehead atoms. The maximum absolute atomic E-state index is 6.86. The summed E-state index contributed by atoms with van der Waals surface area (Å²) in [5, 5.41) is 2.33. The molecule has 5 atom stereocenters. The highest BCUT2D eigenvalue weighted by Gasteiger charge is 2.48. The maximum Gasteiger partial charge on any atom is 0.112 e. The summed E-state index contributed by atoms with van der Waals surface area (Å²) in [5.41, 5.74) is 2.40. The van der Waals surface area contributed by atoms with Gasteiger partial charge in [-0.3, -0.25) is 0 Å². The van der Waals surface area contributed by atoms with E-state index in [4.69, 9.17) is 30.5 Å². The lowest BCUT2D eigenvalue weighted by molar-refractivity contribution is -0.149. The Balaban J connectivity index is 1.67. The zero-order chi connectivity index (χ0) is 31.1. The van der Waals surface area contributed by atoms with Crippen LogP contribution in [0.3, 0.4) is 0 Å². The molecular weight excluding hydrogens is 608 g/mol. The molecule has 44 heavy (non-hydrogen) atoms. The van der Waals surface area contributed by atoms with Crippen LogP contribution in [0.2, 0.25) is 5.02 Å². The van der Waals surface area contributed by atoms with E-state index < -0.39 is 0 Å². The van der Waals surface area contributed by atoms with Gasteiger partial charge in [-0.25, -0.2) is 0 Å². The average Bonchev–Trinajstić information content (AvgIpc) is 3.44. The highest BCUT2D eigenvalue weighted by Crippen LogP contribution is 2.47. The molecule has 244 valence electrons. The van der Waals surface area contributed by atoms with Crippen LogP contribution in [0.5, 0.6) is 0 Å². The fourth-order valence-corrected chi connectivity index (χ4v) is 8.55. The number of ether oxygens (including phenoxy) is 4. The molecule has 1 aromatic heterocycles. The average molecular weight is 661 g/mol. The third-order valence-corrected chi connectivity index (χ3v) is 11.3. The first kappa shape index (κ1) is 35.7. The fourth-order valence-electron chi connectivity index (χ4n) is 5.65. The first-order valence-electron chi connectivity index (χ1n) is 16.9. The summed E-state index contributed by atoms with van der Waals surface area (Å²) in [6, 6.07) is 17.5. The van der Waals surface area contributed by atoms with Crippen molar-refractivity contribution in [2.75, 3.05) is 33.0 Å². The number of hydrogen-bond donors (Lipinski definition) is 0. The van der Waals surface area contributed by atoms with Crippen LogP contribution in [0.25, 0.3) is 10.1 Å². The number of thioether (sulfide) groups is 1. The van der Waals surface area contributed by atoms with Crippen molar-refractivity contribution in [2.45, 2.75) is 114 Å². The van der Waals surface area contributed by atoms with Gasteiger partial charge >= 0.3 is 0 Å². The topological polar surface area (TPSA) is 36.9 Å². The van der Waals surface area contributed by atoms with Gasteiger partial charge in [0.1, 0.15) is 18.3 Å². The lowest BCUT2D eigenvalue weighted by Crippen LogP contribution is -2.55. The highest BCUT2D eigenvalue weighted by molar-refractivity contribution is 8.00. The van der Waals surface area contributed by atoms with E-state index in [0.717, 1.165) is 81.6 Å². The number of hydrogen-bond acceptors (Lipinski definition) is 6. The second kappa shape index (κ2) is 19.5. The van der Waals surface area contributed by atoms with Gasteiger partial charge in [-0.2, -0.15) is 0 Å². The number of halogens is 1. The van der Waals surface area contributed by atoms with E-state index in [9.17, 15) is 0 Å². The number of thiophene rings is 1. The van der Waals surface area contributed by atoms with Crippen LogP contribution in [0, 0.1) is 0 Å². The Morgan fingerprint density at radius 2 is 1.34 bits per heavy atom. The Morgan fingerprint density at radius 1 is 0.705 bits per heavy atom. The summed E-state index contributed by atoms with van der Waals surface area (Å²) in [6.07, 6.45) is 9.01. The zero-order valence-electron chi connectivity index (χ0n) is 27.2. The van der Waals surface area contributed by atoms with Crippen molar-refractivity contribution in [1.29, 1.82) is 0 Å². The van der Waals surface area contributed by atoms with E-state index in [1.54, 1.807) is 0 Å². The Labute approximate surface area is 279 Å². The van der Waals surface area contributed by atoms with Crippen LogP contribution < -0.4 is 0 Å². The van der Waals surface area contributed by atoms with Gasteiger partial charge in [0.05, 0.1) is 17.1 Å². The van der Waals surface area contributed by atoms with Gasteiger partial charge in [-0.1, -0.05) is 95.3 Å². The molecule has 3 aromatic rings. The molecule has 0 N–H and O–H groups in total. The Bertz CT molecular complexity index is 1200. The predicted octanol–water partition coefficient (Wildman–Crippen LogP) is 10.7. The van der Waals surface area contributed by atoms with Gasteiger partial charge in [-0.05, 0) is 60.4 Å². The third-order valence-electron chi connectivity index (χ3n) is 8.22. The smallest absolute Gasteiger partial charge is 0.112 e. The maximum atomic E-state index is 6.86. The molecule has 0 unspecified atom stereocenters. The number of rotatable bonds is 20. The molecule has 1 aliphatic heterocycles. The molecule has 4 rings (SSSR count). The zero-order valence-corrected chi connectivity index (χ0v) is 29.6.